The molecule has 1 atom stereocenters. The van der Waals surface area contributed by atoms with Gasteiger partial charge in [-0.25, -0.2) is 0 Å². The summed E-state index contributed by atoms with van der Waals surface area (Å²) in [6, 6.07) is 1.66. The lowest BCUT2D eigenvalue weighted by Gasteiger charge is -2.30. The van der Waals surface area contributed by atoms with Gasteiger partial charge in [0.2, 0.25) is 5.89 Å². The SMILES string of the molecule is Cc1cc(C(=O)N2CCCC(c3nc(C(C)C)no3)C2)no1. The van der Waals surface area contributed by atoms with Crippen LogP contribution in [-0.4, -0.2) is 39.2 Å². The second-order valence-corrected chi connectivity index (χ2v) is 6.06. The van der Waals surface area contributed by atoms with E-state index >= 15 is 0 Å². The van der Waals surface area contributed by atoms with Crippen LogP contribution in [0, 0.1) is 6.92 Å². The zero-order valence-electron chi connectivity index (χ0n) is 13.1. The molecule has 2 aromatic rings. The van der Waals surface area contributed by atoms with Gasteiger partial charge in [-0.1, -0.05) is 24.2 Å². The standard InChI is InChI=1S/C15H20N4O3/c1-9(2)13-16-14(22-18-13)11-5-4-6-19(8-11)15(20)12-7-10(3)21-17-12/h7,9,11H,4-6,8H2,1-3H3. The molecule has 0 aromatic carbocycles. The lowest BCUT2D eigenvalue weighted by atomic mass is 9.97. The Balaban J connectivity index is 1.72. The van der Waals surface area contributed by atoms with Gasteiger partial charge in [0.1, 0.15) is 5.76 Å². The average Bonchev–Trinajstić information content (AvgIpc) is 3.15. The van der Waals surface area contributed by atoms with Crippen molar-refractivity contribution in [3.63, 3.8) is 0 Å². The number of hydrogen-bond acceptors (Lipinski definition) is 6. The normalized spacial score (nSPS) is 18.9. The number of amides is 1. The molecule has 7 nitrogen and oxygen atoms in total. The van der Waals surface area contributed by atoms with Crippen molar-refractivity contribution in [2.45, 2.75) is 45.4 Å². The topological polar surface area (TPSA) is 85.3 Å². The molecule has 22 heavy (non-hydrogen) atoms. The van der Waals surface area contributed by atoms with Gasteiger partial charge in [-0.3, -0.25) is 4.79 Å². The fourth-order valence-corrected chi connectivity index (χ4v) is 2.64. The Hall–Kier alpha value is -2.18. The van der Waals surface area contributed by atoms with Crippen molar-refractivity contribution in [2.75, 3.05) is 13.1 Å². The van der Waals surface area contributed by atoms with E-state index in [1.165, 1.54) is 0 Å². The number of carbonyl (C=O) groups excluding carboxylic acids is 1. The molecule has 0 saturated carbocycles. The summed E-state index contributed by atoms with van der Waals surface area (Å²) in [5.74, 6) is 2.19. The Morgan fingerprint density at radius 3 is 2.82 bits per heavy atom. The molecule has 0 spiro atoms. The van der Waals surface area contributed by atoms with Crippen molar-refractivity contribution in [1.82, 2.24) is 20.2 Å². The smallest absolute Gasteiger partial charge is 0.276 e. The Morgan fingerprint density at radius 2 is 2.18 bits per heavy atom. The van der Waals surface area contributed by atoms with Crippen LogP contribution in [0.4, 0.5) is 0 Å². The van der Waals surface area contributed by atoms with E-state index in [9.17, 15) is 4.79 Å². The molecule has 1 aliphatic heterocycles. The first-order valence-electron chi connectivity index (χ1n) is 7.60. The highest BCUT2D eigenvalue weighted by atomic mass is 16.5. The average molecular weight is 304 g/mol. The molecule has 0 bridgehead atoms. The maximum atomic E-state index is 12.4. The number of hydrogen-bond donors (Lipinski definition) is 0. The van der Waals surface area contributed by atoms with Crippen LogP contribution in [0.2, 0.25) is 0 Å². The van der Waals surface area contributed by atoms with Crippen LogP contribution in [0.25, 0.3) is 0 Å². The Kier molecular flexibility index (Phi) is 3.96. The first-order valence-corrected chi connectivity index (χ1v) is 7.60. The molecule has 0 radical (unpaired) electrons. The number of rotatable bonds is 3. The number of aryl methyl sites for hydroxylation is 1. The molecule has 7 heteroatoms. The molecule has 3 heterocycles. The van der Waals surface area contributed by atoms with Gasteiger partial charge in [-0.05, 0) is 19.8 Å². The van der Waals surface area contributed by atoms with Gasteiger partial charge in [-0.15, -0.1) is 0 Å². The summed E-state index contributed by atoms with van der Waals surface area (Å²) in [6.07, 6.45) is 1.86. The molecule has 1 saturated heterocycles. The second kappa shape index (κ2) is 5.90. The summed E-state index contributed by atoms with van der Waals surface area (Å²) in [4.78, 5) is 18.7. The summed E-state index contributed by atoms with van der Waals surface area (Å²) in [7, 11) is 0. The Bertz CT molecular complexity index is 661. The molecule has 1 unspecified atom stereocenters. The van der Waals surface area contributed by atoms with Crippen molar-refractivity contribution in [3.8, 4) is 0 Å². The Morgan fingerprint density at radius 1 is 1.36 bits per heavy atom. The first kappa shape index (κ1) is 14.7. The summed E-state index contributed by atoms with van der Waals surface area (Å²) < 4.78 is 10.3. The largest absolute Gasteiger partial charge is 0.361 e. The highest BCUT2D eigenvalue weighted by molar-refractivity contribution is 5.92. The van der Waals surface area contributed by atoms with Crippen LogP contribution in [-0.2, 0) is 0 Å². The summed E-state index contributed by atoms with van der Waals surface area (Å²) in [5.41, 5.74) is 0.353. The summed E-state index contributed by atoms with van der Waals surface area (Å²) in [6.45, 7) is 7.11. The molecule has 0 aliphatic carbocycles. The monoisotopic (exact) mass is 304 g/mol. The fourth-order valence-electron chi connectivity index (χ4n) is 2.64. The highest BCUT2D eigenvalue weighted by Gasteiger charge is 2.30. The number of carbonyl (C=O) groups is 1. The molecule has 0 N–H and O–H groups in total. The minimum atomic E-state index is -0.106. The molecular formula is C15H20N4O3. The van der Waals surface area contributed by atoms with Gasteiger partial charge in [-0.2, -0.15) is 4.98 Å². The van der Waals surface area contributed by atoms with E-state index in [-0.39, 0.29) is 17.7 Å². The molecule has 1 aliphatic rings. The lowest BCUT2D eigenvalue weighted by Crippen LogP contribution is -2.39. The third-order valence-electron chi connectivity index (χ3n) is 3.88. The minimum Gasteiger partial charge on any atom is -0.361 e. The molecule has 1 fully saturated rings. The molecule has 118 valence electrons. The fraction of sp³-hybridized carbons (Fsp3) is 0.600. The molecule has 2 aromatic heterocycles. The van der Waals surface area contributed by atoms with E-state index in [1.54, 1.807) is 17.9 Å². The van der Waals surface area contributed by atoms with E-state index in [4.69, 9.17) is 9.05 Å². The van der Waals surface area contributed by atoms with Crippen LogP contribution >= 0.6 is 0 Å². The summed E-state index contributed by atoms with van der Waals surface area (Å²) >= 11 is 0. The Labute approximate surface area is 128 Å². The number of nitrogens with zero attached hydrogens (tertiary/aromatic N) is 4. The van der Waals surface area contributed by atoms with Crippen molar-refractivity contribution in [1.29, 1.82) is 0 Å². The zero-order chi connectivity index (χ0) is 15.7. The van der Waals surface area contributed by atoms with E-state index < -0.39 is 0 Å². The van der Waals surface area contributed by atoms with Gasteiger partial charge in [0, 0.05) is 25.1 Å². The number of piperidine rings is 1. The predicted octanol–water partition coefficient (Wildman–Crippen LogP) is 2.51. The van der Waals surface area contributed by atoms with Crippen LogP contribution in [0.3, 0.4) is 0 Å². The summed E-state index contributed by atoms with van der Waals surface area (Å²) in [5, 5.41) is 7.80. The minimum absolute atomic E-state index is 0.0886. The van der Waals surface area contributed by atoms with Gasteiger partial charge < -0.3 is 13.9 Å². The number of likely N-dealkylation sites (tertiary alicyclic amines) is 1. The van der Waals surface area contributed by atoms with Crippen molar-refractivity contribution in [3.05, 3.63) is 29.2 Å². The van der Waals surface area contributed by atoms with E-state index in [2.05, 4.69) is 15.3 Å². The van der Waals surface area contributed by atoms with Gasteiger partial charge in [0.25, 0.3) is 5.91 Å². The van der Waals surface area contributed by atoms with E-state index in [0.717, 1.165) is 12.8 Å². The van der Waals surface area contributed by atoms with Gasteiger partial charge >= 0.3 is 0 Å². The van der Waals surface area contributed by atoms with E-state index in [1.807, 2.05) is 13.8 Å². The van der Waals surface area contributed by atoms with E-state index in [0.29, 0.717) is 36.3 Å². The van der Waals surface area contributed by atoms with Crippen molar-refractivity contribution < 1.29 is 13.8 Å². The molecular weight excluding hydrogens is 284 g/mol. The lowest BCUT2D eigenvalue weighted by molar-refractivity contribution is 0.0685. The zero-order valence-corrected chi connectivity index (χ0v) is 13.1. The van der Waals surface area contributed by atoms with Gasteiger partial charge in [0.15, 0.2) is 11.5 Å². The van der Waals surface area contributed by atoms with Crippen molar-refractivity contribution in [2.24, 2.45) is 0 Å². The van der Waals surface area contributed by atoms with Crippen LogP contribution in [0.5, 0.6) is 0 Å². The van der Waals surface area contributed by atoms with Crippen LogP contribution in [0.15, 0.2) is 15.1 Å². The second-order valence-electron chi connectivity index (χ2n) is 6.06. The maximum absolute atomic E-state index is 12.4. The number of aromatic nitrogens is 3. The van der Waals surface area contributed by atoms with Crippen molar-refractivity contribution >= 4 is 5.91 Å². The highest BCUT2D eigenvalue weighted by Crippen LogP contribution is 2.27. The third-order valence-corrected chi connectivity index (χ3v) is 3.88. The van der Waals surface area contributed by atoms with Crippen LogP contribution < -0.4 is 0 Å². The quantitative estimate of drug-likeness (QED) is 0.866. The maximum Gasteiger partial charge on any atom is 0.276 e. The molecule has 1 amide bonds. The predicted molar refractivity (Wildman–Crippen MR) is 77.5 cm³/mol. The van der Waals surface area contributed by atoms with Gasteiger partial charge in [0.05, 0.1) is 5.92 Å². The first-order chi connectivity index (χ1) is 10.5. The van der Waals surface area contributed by atoms with Crippen LogP contribution in [0.1, 0.15) is 66.5 Å². The molecule has 3 rings (SSSR count). The third kappa shape index (κ3) is 2.88.